The van der Waals surface area contributed by atoms with Crippen LogP contribution in [0.3, 0.4) is 0 Å². The molecule has 0 saturated carbocycles. The summed E-state index contributed by atoms with van der Waals surface area (Å²) in [5.74, 6) is 3.19. The lowest BCUT2D eigenvalue weighted by Gasteiger charge is -2.40. The Morgan fingerprint density at radius 1 is 0.917 bits per heavy atom. The van der Waals surface area contributed by atoms with Crippen molar-refractivity contribution >= 4 is 34.6 Å². The van der Waals surface area contributed by atoms with Gasteiger partial charge in [-0.05, 0) is 61.9 Å². The molecule has 7 heteroatoms. The highest BCUT2D eigenvalue weighted by Crippen LogP contribution is 2.47. The van der Waals surface area contributed by atoms with Crippen molar-refractivity contribution in [3.05, 3.63) is 90.1 Å². The van der Waals surface area contributed by atoms with Gasteiger partial charge in [0.05, 0.1) is 35.9 Å². The Morgan fingerprint density at radius 3 is 2.42 bits per heavy atom. The van der Waals surface area contributed by atoms with Gasteiger partial charge in [0.1, 0.15) is 5.75 Å². The molecule has 3 heterocycles. The summed E-state index contributed by atoms with van der Waals surface area (Å²) in [5.41, 5.74) is 6.07. The van der Waals surface area contributed by atoms with Gasteiger partial charge in [0.25, 0.3) is 0 Å². The van der Waals surface area contributed by atoms with Gasteiger partial charge in [0, 0.05) is 11.3 Å². The van der Waals surface area contributed by atoms with Crippen LogP contribution in [0.5, 0.6) is 5.75 Å². The Hall–Kier alpha value is -4.39. The molecule has 7 nitrogen and oxygen atoms in total. The minimum Gasteiger partial charge on any atom is -0.497 e. The minimum atomic E-state index is 0.0966. The van der Waals surface area contributed by atoms with Crippen molar-refractivity contribution < 1.29 is 4.74 Å². The number of aromatic nitrogens is 2. The highest BCUT2D eigenvalue weighted by molar-refractivity contribution is 6.51. The maximum atomic E-state index is 5.33. The van der Waals surface area contributed by atoms with Crippen molar-refractivity contribution in [1.82, 2.24) is 9.78 Å². The fourth-order valence-electron chi connectivity index (χ4n) is 5.03. The Kier molecular flexibility index (Phi) is 5.52. The number of nitrogens with one attached hydrogen (secondary N) is 1. The first kappa shape index (κ1) is 22.1. The van der Waals surface area contributed by atoms with Gasteiger partial charge in [0.15, 0.2) is 17.5 Å². The molecule has 0 spiro atoms. The predicted molar refractivity (Wildman–Crippen MR) is 146 cm³/mol. The molecule has 2 aliphatic heterocycles. The van der Waals surface area contributed by atoms with Gasteiger partial charge in [-0.3, -0.25) is 0 Å². The average molecular weight is 477 g/mol. The van der Waals surface area contributed by atoms with Crippen LogP contribution < -0.4 is 15.0 Å². The van der Waals surface area contributed by atoms with E-state index >= 15 is 0 Å². The average Bonchev–Trinajstić information content (AvgIpc) is 3.26. The van der Waals surface area contributed by atoms with E-state index in [0.29, 0.717) is 5.84 Å². The molecule has 0 bridgehead atoms. The van der Waals surface area contributed by atoms with Crippen molar-refractivity contribution in [2.24, 2.45) is 9.98 Å². The third-order valence-corrected chi connectivity index (χ3v) is 6.67. The molecule has 4 aromatic rings. The molecular formula is C29H28N6O. The monoisotopic (exact) mass is 476 g/mol. The van der Waals surface area contributed by atoms with Crippen LogP contribution in [0.1, 0.15) is 37.1 Å². The van der Waals surface area contributed by atoms with Crippen molar-refractivity contribution in [2.45, 2.75) is 32.7 Å². The Balaban J connectivity index is 1.54. The van der Waals surface area contributed by atoms with Gasteiger partial charge in [0.2, 0.25) is 0 Å². The van der Waals surface area contributed by atoms with Crippen LogP contribution in [0, 0.1) is 6.92 Å². The zero-order valence-electron chi connectivity index (χ0n) is 20.6. The maximum Gasteiger partial charge on any atom is 0.179 e. The van der Waals surface area contributed by atoms with Gasteiger partial charge in [-0.15, -0.1) is 0 Å². The minimum absolute atomic E-state index is 0.0966. The summed E-state index contributed by atoms with van der Waals surface area (Å²) in [4.78, 5) is 12.6. The SMILES string of the molecule is CCC[C@H]1c2c(C)nn(-c3ccccc3)c2N=C2C(Nc3ccc(OC)cc3)=Nc3ccccc3N21. The summed E-state index contributed by atoms with van der Waals surface area (Å²) in [7, 11) is 1.67. The smallest absolute Gasteiger partial charge is 0.179 e. The number of aryl methyl sites for hydroxylation is 1. The first-order valence-electron chi connectivity index (χ1n) is 12.3. The number of nitrogens with zero attached hydrogens (tertiary/aromatic N) is 5. The molecule has 0 fully saturated rings. The molecule has 1 N–H and O–H groups in total. The quantitative estimate of drug-likeness (QED) is 0.347. The number of benzene rings is 3. The molecule has 180 valence electrons. The van der Waals surface area contributed by atoms with E-state index in [4.69, 9.17) is 19.8 Å². The van der Waals surface area contributed by atoms with Crippen molar-refractivity contribution in [3.63, 3.8) is 0 Å². The summed E-state index contributed by atoms with van der Waals surface area (Å²) < 4.78 is 7.29. The highest BCUT2D eigenvalue weighted by atomic mass is 16.5. The number of ether oxygens (including phenoxy) is 1. The standard InChI is InChI=1S/C29H28N6O/c1-4-10-25-26-19(2)33-35(21-11-6-5-7-12-21)28(26)32-29-27(30-20-15-17-22(36-3)18-16-20)31-23-13-8-9-14-24(23)34(25)29/h5-9,11-18,25H,4,10H2,1-3H3,(H,30,31)/t25-/m0/s1. The van der Waals surface area contributed by atoms with Gasteiger partial charge in [-0.2, -0.15) is 5.10 Å². The largest absolute Gasteiger partial charge is 0.497 e. The number of amidine groups is 2. The van der Waals surface area contributed by atoms with E-state index in [-0.39, 0.29) is 6.04 Å². The molecule has 1 atom stereocenters. The zero-order chi connectivity index (χ0) is 24.6. The van der Waals surface area contributed by atoms with Crippen LogP contribution in [-0.2, 0) is 0 Å². The molecule has 6 rings (SSSR count). The number of aliphatic imine (C=N–C) groups is 2. The summed E-state index contributed by atoms with van der Waals surface area (Å²) in [5, 5.41) is 8.47. The number of hydrogen-bond donors (Lipinski definition) is 1. The molecule has 0 amide bonds. The Labute approximate surface area is 210 Å². The fourth-order valence-corrected chi connectivity index (χ4v) is 5.03. The molecule has 0 radical (unpaired) electrons. The lowest BCUT2D eigenvalue weighted by Crippen LogP contribution is -2.46. The molecule has 1 aromatic heterocycles. The number of anilines is 2. The second kappa shape index (κ2) is 9.00. The van der Waals surface area contributed by atoms with Crippen molar-refractivity contribution in [3.8, 4) is 11.4 Å². The molecule has 0 saturated heterocycles. The molecular weight excluding hydrogens is 448 g/mol. The summed E-state index contributed by atoms with van der Waals surface area (Å²) >= 11 is 0. The highest BCUT2D eigenvalue weighted by Gasteiger charge is 2.40. The first-order valence-corrected chi connectivity index (χ1v) is 12.3. The fraction of sp³-hybridized carbons (Fsp3) is 0.207. The van der Waals surface area contributed by atoms with E-state index in [1.165, 1.54) is 5.56 Å². The van der Waals surface area contributed by atoms with Gasteiger partial charge in [-0.25, -0.2) is 14.7 Å². The lowest BCUT2D eigenvalue weighted by molar-refractivity contribution is 0.415. The van der Waals surface area contributed by atoms with E-state index in [9.17, 15) is 0 Å². The zero-order valence-corrected chi connectivity index (χ0v) is 20.6. The van der Waals surface area contributed by atoms with Crippen LogP contribution >= 0.6 is 0 Å². The van der Waals surface area contributed by atoms with Gasteiger partial charge >= 0.3 is 0 Å². The summed E-state index contributed by atoms with van der Waals surface area (Å²) in [6.45, 7) is 4.31. The van der Waals surface area contributed by atoms with Crippen LogP contribution in [0.2, 0.25) is 0 Å². The number of para-hydroxylation sites is 3. The molecule has 36 heavy (non-hydrogen) atoms. The van der Waals surface area contributed by atoms with Gasteiger partial charge < -0.3 is 15.0 Å². The maximum absolute atomic E-state index is 5.33. The van der Waals surface area contributed by atoms with Crippen LogP contribution in [0.15, 0.2) is 88.8 Å². The third-order valence-electron chi connectivity index (χ3n) is 6.67. The van der Waals surface area contributed by atoms with Crippen LogP contribution in [0.25, 0.3) is 5.69 Å². The van der Waals surface area contributed by atoms with E-state index < -0.39 is 0 Å². The summed E-state index contributed by atoms with van der Waals surface area (Å²) in [6, 6.07) is 26.4. The van der Waals surface area contributed by atoms with E-state index in [1.807, 2.05) is 53.2 Å². The van der Waals surface area contributed by atoms with Crippen molar-refractivity contribution in [2.75, 3.05) is 17.3 Å². The topological polar surface area (TPSA) is 67.0 Å². The van der Waals surface area contributed by atoms with Crippen molar-refractivity contribution in [1.29, 1.82) is 0 Å². The van der Waals surface area contributed by atoms with E-state index in [2.05, 4.69) is 54.4 Å². The molecule has 0 unspecified atom stereocenters. The number of fused-ring (bicyclic) bond motifs is 4. The Morgan fingerprint density at radius 2 is 1.67 bits per heavy atom. The molecule has 2 aliphatic rings. The summed E-state index contributed by atoms with van der Waals surface area (Å²) in [6.07, 6.45) is 2.00. The first-order chi connectivity index (χ1) is 17.7. The number of rotatable bonds is 5. The second-order valence-electron chi connectivity index (χ2n) is 8.98. The molecule has 0 aliphatic carbocycles. The number of methoxy groups -OCH3 is 1. The molecule has 3 aromatic carbocycles. The predicted octanol–water partition coefficient (Wildman–Crippen LogP) is 6.74. The normalized spacial score (nSPS) is 15.9. The number of hydrogen-bond acceptors (Lipinski definition) is 6. The van der Waals surface area contributed by atoms with Crippen LogP contribution in [0.4, 0.5) is 22.9 Å². The van der Waals surface area contributed by atoms with E-state index in [0.717, 1.165) is 58.7 Å². The second-order valence-corrected chi connectivity index (χ2v) is 8.98. The van der Waals surface area contributed by atoms with E-state index in [1.54, 1.807) is 7.11 Å². The van der Waals surface area contributed by atoms with Gasteiger partial charge in [-0.1, -0.05) is 43.7 Å². The lowest BCUT2D eigenvalue weighted by atomic mass is 9.96. The van der Waals surface area contributed by atoms with Crippen LogP contribution in [-0.4, -0.2) is 28.6 Å². The Bertz CT molecular complexity index is 1470. The third kappa shape index (κ3) is 3.64.